The Morgan fingerprint density at radius 3 is 2.71 bits per heavy atom. The van der Waals surface area contributed by atoms with Crippen LogP contribution in [0.1, 0.15) is 11.3 Å². The number of aromatic nitrogens is 3. The Bertz CT molecular complexity index is 501. The second kappa shape index (κ2) is 5.23. The number of anilines is 1. The predicted octanol–water partition coefficient (Wildman–Crippen LogP) is 2.58. The SMILES string of the molecule is Cc1cnc(N(C)Cc2cnccn2)c(Br)c1. The maximum atomic E-state index is 4.40. The molecule has 17 heavy (non-hydrogen) atoms. The van der Waals surface area contributed by atoms with Gasteiger partial charge in [-0.05, 0) is 34.5 Å². The Balaban J connectivity index is 2.17. The molecular weight excluding hydrogens is 280 g/mol. The summed E-state index contributed by atoms with van der Waals surface area (Å²) in [6, 6.07) is 2.05. The Morgan fingerprint density at radius 1 is 1.24 bits per heavy atom. The van der Waals surface area contributed by atoms with Gasteiger partial charge >= 0.3 is 0 Å². The lowest BCUT2D eigenvalue weighted by Gasteiger charge is -2.18. The van der Waals surface area contributed by atoms with E-state index in [2.05, 4.69) is 36.9 Å². The van der Waals surface area contributed by atoms with Gasteiger partial charge in [0.25, 0.3) is 0 Å². The second-order valence-electron chi connectivity index (χ2n) is 3.87. The van der Waals surface area contributed by atoms with Crippen LogP contribution in [0.15, 0.2) is 35.3 Å². The van der Waals surface area contributed by atoms with Crippen LogP contribution in [0.3, 0.4) is 0 Å². The highest BCUT2D eigenvalue weighted by molar-refractivity contribution is 9.10. The van der Waals surface area contributed by atoms with E-state index in [-0.39, 0.29) is 0 Å². The molecule has 2 aromatic rings. The van der Waals surface area contributed by atoms with Gasteiger partial charge in [-0.25, -0.2) is 4.98 Å². The van der Waals surface area contributed by atoms with Crippen LogP contribution >= 0.6 is 15.9 Å². The lowest BCUT2D eigenvalue weighted by molar-refractivity contribution is 0.852. The fraction of sp³-hybridized carbons (Fsp3) is 0.250. The van der Waals surface area contributed by atoms with Crippen LogP contribution in [0.2, 0.25) is 0 Å². The summed E-state index contributed by atoms with van der Waals surface area (Å²) in [7, 11) is 1.98. The first-order valence-corrected chi connectivity index (χ1v) is 6.04. The molecule has 0 amide bonds. The number of aryl methyl sites for hydroxylation is 1. The number of hydrogen-bond donors (Lipinski definition) is 0. The lowest BCUT2D eigenvalue weighted by atomic mass is 10.3. The topological polar surface area (TPSA) is 41.9 Å². The fourth-order valence-corrected chi connectivity index (χ4v) is 2.30. The largest absolute Gasteiger partial charge is 0.353 e. The standard InChI is InChI=1S/C12H13BrN4/c1-9-5-11(13)12(16-6-9)17(2)8-10-7-14-3-4-15-10/h3-7H,8H2,1-2H3. The van der Waals surface area contributed by atoms with Crippen LogP contribution in [0.25, 0.3) is 0 Å². The molecule has 2 rings (SSSR count). The molecule has 0 radical (unpaired) electrons. The molecule has 0 unspecified atom stereocenters. The summed E-state index contributed by atoms with van der Waals surface area (Å²) in [6.07, 6.45) is 6.98. The van der Waals surface area contributed by atoms with Gasteiger partial charge in [-0.2, -0.15) is 0 Å². The predicted molar refractivity (Wildman–Crippen MR) is 70.8 cm³/mol. The molecule has 4 nitrogen and oxygen atoms in total. The van der Waals surface area contributed by atoms with Crippen molar-refractivity contribution in [3.8, 4) is 0 Å². The maximum absolute atomic E-state index is 4.40. The second-order valence-corrected chi connectivity index (χ2v) is 4.73. The van der Waals surface area contributed by atoms with Crippen LogP contribution in [0.4, 0.5) is 5.82 Å². The van der Waals surface area contributed by atoms with E-state index in [4.69, 9.17) is 0 Å². The third kappa shape index (κ3) is 3.00. The summed E-state index contributed by atoms with van der Waals surface area (Å²) in [5.74, 6) is 0.904. The third-order valence-corrected chi connectivity index (χ3v) is 2.92. The van der Waals surface area contributed by atoms with Gasteiger partial charge in [-0.15, -0.1) is 0 Å². The van der Waals surface area contributed by atoms with E-state index < -0.39 is 0 Å². The molecular formula is C12H13BrN4. The summed E-state index contributed by atoms with van der Waals surface area (Å²) in [4.78, 5) is 14.7. The first kappa shape index (κ1) is 12.0. The zero-order valence-corrected chi connectivity index (χ0v) is 11.3. The minimum absolute atomic E-state index is 0.683. The summed E-state index contributed by atoms with van der Waals surface area (Å²) in [6.45, 7) is 2.70. The van der Waals surface area contributed by atoms with Crippen molar-refractivity contribution in [1.82, 2.24) is 15.0 Å². The van der Waals surface area contributed by atoms with E-state index in [0.717, 1.165) is 21.5 Å². The van der Waals surface area contributed by atoms with E-state index >= 15 is 0 Å². The van der Waals surface area contributed by atoms with Crippen LogP contribution in [-0.2, 0) is 6.54 Å². The zero-order valence-electron chi connectivity index (χ0n) is 9.76. The minimum atomic E-state index is 0.683. The van der Waals surface area contributed by atoms with E-state index in [1.54, 1.807) is 18.6 Å². The van der Waals surface area contributed by atoms with Crippen molar-refractivity contribution in [2.45, 2.75) is 13.5 Å². The zero-order chi connectivity index (χ0) is 12.3. The highest BCUT2D eigenvalue weighted by atomic mass is 79.9. The van der Waals surface area contributed by atoms with Crippen LogP contribution in [0.5, 0.6) is 0 Å². The highest BCUT2D eigenvalue weighted by Gasteiger charge is 2.08. The van der Waals surface area contributed by atoms with Crippen molar-refractivity contribution in [1.29, 1.82) is 0 Å². The Morgan fingerprint density at radius 2 is 2.06 bits per heavy atom. The van der Waals surface area contributed by atoms with E-state index in [0.29, 0.717) is 6.54 Å². The van der Waals surface area contributed by atoms with Gasteiger partial charge < -0.3 is 4.90 Å². The van der Waals surface area contributed by atoms with Gasteiger partial charge in [0.2, 0.25) is 0 Å². The molecule has 0 fully saturated rings. The molecule has 0 aliphatic heterocycles. The first-order valence-electron chi connectivity index (χ1n) is 5.25. The van der Waals surface area contributed by atoms with E-state index in [9.17, 15) is 0 Å². The summed E-state index contributed by atoms with van der Waals surface area (Å²) >= 11 is 3.52. The monoisotopic (exact) mass is 292 g/mol. The summed E-state index contributed by atoms with van der Waals surface area (Å²) in [5.41, 5.74) is 2.05. The molecule has 0 N–H and O–H groups in total. The molecule has 88 valence electrons. The van der Waals surface area contributed by atoms with Crippen LogP contribution in [-0.4, -0.2) is 22.0 Å². The lowest BCUT2D eigenvalue weighted by Crippen LogP contribution is -2.19. The third-order valence-electron chi connectivity index (χ3n) is 2.34. The quantitative estimate of drug-likeness (QED) is 0.872. The molecule has 0 bridgehead atoms. The Labute approximate surface area is 109 Å². The highest BCUT2D eigenvalue weighted by Crippen LogP contribution is 2.24. The van der Waals surface area contributed by atoms with Gasteiger partial charge in [-0.1, -0.05) is 0 Å². The van der Waals surface area contributed by atoms with E-state index in [1.165, 1.54) is 0 Å². The van der Waals surface area contributed by atoms with E-state index in [1.807, 2.05) is 25.1 Å². The maximum Gasteiger partial charge on any atom is 0.142 e. The number of hydrogen-bond acceptors (Lipinski definition) is 4. The van der Waals surface area contributed by atoms with Crippen molar-refractivity contribution >= 4 is 21.7 Å². The fourth-order valence-electron chi connectivity index (χ4n) is 1.54. The molecule has 2 heterocycles. The molecule has 0 saturated heterocycles. The number of nitrogens with zero attached hydrogens (tertiary/aromatic N) is 4. The average molecular weight is 293 g/mol. The van der Waals surface area contributed by atoms with Crippen molar-refractivity contribution in [2.75, 3.05) is 11.9 Å². The number of halogens is 1. The first-order chi connectivity index (χ1) is 8.16. The molecule has 0 aromatic carbocycles. The average Bonchev–Trinajstić information content (AvgIpc) is 2.30. The Hall–Kier alpha value is -1.49. The summed E-state index contributed by atoms with van der Waals surface area (Å²) < 4.78 is 0.990. The van der Waals surface area contributed by atoms with Crippen molar-refractivity contribution < 1.29 is 0 Å². The van der Waals surface area contributed by atoms with Gasteiger partial charge in [0.15, 0.2) is 0 Å². The molecule has 5 heteroatoms. The van der Waals surface area contributed by atoms with Gasteiger partial charge in [0.1, 0.15) is 5.82 Å². The molecule has 0 saturated carbocycles. The van der Waals surface area contributed by atoms with Crippen LogP contribution in [0, 0.1) is 6.92 Å². The van der Waals surface area contributed by atoms with Gasteiger partial charge in [0.05, 0.1) is 22.9 Å². The molecule has 0 aliphatic rings. The van der Waals surface area contributed by atoms with Gasteiger partial charge in [-0.3, -0.25) is 9.97 Å². The smallest absolute Gasteiger partial charge is 0.142 e. The molecule has 0 atom stereocenters. The van der Waals surface area contributed by atoms with Gasteiger partial charge in [0, 0.05) is 25.6 Å². The number of rotatable bonds is 3. The molecule has 0 spiro atoms. The normalized spacial score (nSPS) is 10.3. The van der Waals surface area contributed by atoms with Crippen molar-refractivity contribution in [2.24, 2.45) is 0 Å². The Kier molecular flexibility index (Phi) is 3.68. The van der Waals surface area contributed by atoms with Crippen LogP contribution < -0.4 is 4.90 Å². The molecule has 0 aliphatic carbocycles. The minimum Gasteiger partial charge on any atom is -0.353 e. The summed E-state index contributed by atoms with van der Waals surface area (Å²) in [5, 5.41) is 0. The molecule has 2 aromatic heterocycles. The van der Waals surface area contributed by atoms with Crippen molar-refractivity contribution in [3.63, 3.8) is 0 Å². The number of pyridine rings is 1. The van der Waals surface area contributed by atoms with Crippen molar-refractivity contribution in [3.05, 3.63) is 46.6 Å².